The van der Waals surface area contributed by atoms with E-state index >= 15 is 0 Å². The fourth-order valence-electron chi connectivity index (χ4n) is 3.68. The Bertz CT molecular complexity index is 374. The minimum Gasteiger partial charge on any atom is -0.480 e. The monoisotopic (exact) mass is 284 g/mol. The van der Waals surface area contributed by atoms with Crippen molar-refractivity contribution in [1.82, 2.24) is 10.2 Å². The molecule has 114 valence electrons. The van der Waals surface area contributed by atoms with Gasteiger partial charge in [0.05, 0.1) is 0 Å². The lowest BCUT2D eigenvalue weighted by atomic mass is 9.88. The molecule has 0 heterocycles. The number of fused-ring (bicyclic) bond motifs is 2. The quantitative estimate of drug-likeness (QED) is 0.676. The van der Waals surface area contributed by atoms with Gasteiger partial charge in [-0.2, -0.15) is 0 Å². The molecule has 2 rings (SSSR count). The number of nitrogens with one attached hydrogen (secondary N) is 1. The van der Waals surface area contributed by atoms with E-state index in [-0.39, 0.29) is 19.1 Å². The maximum atomic E-state index is 12.0. The van der Waals surface area contributed by atoms with Gasteiger partial charge in [-0.3, -0.25) is 0 Å². The first-order chi connectivity index (χ1) is 9.51. The number of aliphatic hydroxyl groups excluding tert-OH is 1. The van der Waals surface area contributed by atoms with Crippen molar-refractivity contribution in [1.29, 1.82) is 0 Å². The first-order valence-corrected chi connectivity index (χ1v) is 7.36. The molecule has 0 aromatic heterocycles. The molecule has 2 amide bonds. The van der Waals surface area contributed by atoms with Gasteiger partial charge in [-0.05, 0) is 37.0 Å². The number of carbonyl (C=O) groups is 2. The predicted octanol–water partition coefficient (Wildman–Crippen LogP) is 0.900. The molecule has 0 radical (unpaired) electrons. The zero-order valence-electron chi connectivity index (χ0n) is 11.9. The van der Waals surface area contributed by atoms with Gasteiger partial charge in [0.15, 0.2) is 0 Å². The first kappa shape index (κ1) is 15.1. The Kier molecular flexibility index (Phi) is 4.86. The van der Waals surface area contributed by atoms with Gasteiger partial charge in [0, 0.05) is 26.6 Å². The van der Waals surface area contributed by atoms with Crippen LogP contribution in [0, 0.1) is 17.8 Å². The Morgan fingerprint density at radius 1 is 1.35 bits per heavy atom. The van der Waals surface area contributed by atoms with Gasteiger partial charge in [0.2, 0.25) is 0 Å². The highest BCUT2D eigenvalue weighted by Gasteiger charge is 2.40. The standard InChI is InChI=1S/C14H24N2O4/c1-16(8-11-7-9-2-3-10(11)6-9)14(20)15-12(4-5-17)13(18)19/h9-12,17H,2-8H2,1H3,(H,15,20)(H,18,19). The molecule has 20 heavy (non-hydrogen) atoms. The van der Waals surface area contributed by atoms with Crippen molar-refractivity contribution < 1.29 is 19.8 Å². The third kappa shape index (κ3) is 3.42. The lowest BCUT2D eigenvalue weighted by molar-refractivity contribution is -0.139. The molecule has 0 aliphatic heterocycles. The fraction of sp³-hybridized carbons (Fsp3) is 0.857. The third-order valence-corrected chi connectivity index (χ3v) is 4.75. The Hall–Kier alpha value is -1.30. The molecule has 2 fully saturated rings. The van der Waals surface area contributed by atoms with Crippen LogP contribution in [0.15, 0.2) is 0 Å². The number of carboxylic acid groups (broad SMARTS) is 1. The van der Waals surface area contributed by atoms with Gasteiger partial charge in [0.25, 0.3) is 0 Å². The number of hydrogen-bond donors (Lipinski definition) is 3. The van der Waals surface area contributed by atoms with E-state index in [0.29, 0.717) is 12.5 Å². The number of carbonyl (C=O) groups excluding carboxylic acids is 1. The van der Waals surface area contributed by atoms with Crippen molar-refractivity contribution in [3.8, 4) is 0 Å². The zero-order valence-corrected chi connectivity index (χ0v) is 11.9. The molecule has 0 spiro atoms. The summed E-state index contributed by atoms with van der Waals surface area (Å²) < 4.78 is 0. The van der Waals surface area contributed by atoms with E-state index in [9.17, 15) is 9.59 Å². The second-order valence-corrected chi connectivity index (χ2v) is 6.17. The van der Waals surface area contributed by atoms with E-state index in [1.54, 1.807) is 11.9 Å². The van der Waals surface area contributed by atoms with E-state index in [2.05, 4.69) is 5.32 Å². The molecule has 6 heteroatoms. The van der Waals surface area contributed by atoms with Gasteiger partial charge in [-0.25, -0.2) is 9.59 Å². The maximum absolute atomic E-state index is 12.0. The summed E-state index contributed by atoms with van der Waals surface area (Å²) >= 11 is 0. The summed E-state index contributed by atoms with van der Waals surface area (Å²) in [5.41, 5.74) is 0. The molecule has 4 unspecified atom stereocenters. The second kappa shape index (κ2) is 6.43. The highest BCUT2D eigenvalue weighted by atomic mass is 16.4. The third-order valence-electron chi connectivity index (χ3n) is 4.75. The Labute approximate surface area is 119 Å². The number of rotatable bonds is 6. The molecule has 2 bridgehead atoms. The molecule has 2 aliphatic rings. The lowest BCUT2D eigenvalue weighted by Crippen LogP contribution is -2.48. The molecular weight excluding hydrogens is 260 g/mol. The van der Waals surface area contributed by atoms with Crippen LogP contribution in [0.2, 0.25) is 0 Å². The number of hydrogen-bond acceptors (Lipinski definition) is 3. The Balaban J connectivity index is 1.80. The van der Waals surface area contributed by atoms with E-state index in [1.165, 1.54) is 25.7 Å². The van der Waals surface area contributed by atoms with Crippen LogP contribution < -0.4 is 5.32 Å². The Morgan fingerprint density at radius 2 is 2.10 bits per heavy atom. The van der Waals surface area contributed by atoms with E-state index in [4.69, 9.17) is 10.2 Å². The second-order valence-electron chi connectivity index (χ2n) is 6.17. The number of carboxylic acids is 1. The minimum atomic E-state index is -1.11. The van der Waals surface area contributed by atoms with Gasteiger partial charge in [0.1, 0.15) is 6.04 Å². The number of amides is 2. The summed E-state index contributed by atoms with van der Waals surface area (Å²) in [6.07, 6.45) is 5.12. The number of nitrogens with zero attached hydrogens (tertiary/aromatic N) is 1. The average molecular weight is 284 g/mol. The molecule has 6 nitrogen and oxygen atoms in total. The van der Waals surface area contributed by atoms with Crippen LogP contribution in [0.3, 0.4) is 0 Å². The van der Waals surface area contributed by atoms with Crippen molar-refractivity contribution in [2.24, 2.45) is 17.8 Å². The van der Waals surface area contributed by atoms with Crippen LogP contribution in [0.5, 0.6) is 0 Å². The van der Waals surface area contributed by atoms with Gasteiger partial charge in [-0.1, -0.05) is 6.42 Å². The topological polar surface area (TPSA) is 89.9 Å². The zero-order chi connectivity index (χ0) is 14.7. The summed E-state index contributed by atoms with van der Waals surface area (Å²) in [6.45, 7) is 0.436. The number of aliphatic carboxylic acids is 1. The Morgan fingerprint density at radius 3 is 2.60 bits per heavy atom. The molecule has 0 aromatic rings. The van der Waals surface area contributed by atoms with Crippen molar-refractivity contribution in [3.63, 3.8) is 0 Å². The van der Waals surface area contributed by atoms with E-state index in [0.717, 1.165) is 11.8 Å². The average Bonchev–Trinajstić information content (AvgIpc) is 3.00. The van der Waals surface area contributed by atoms with Crippen molar-refractivity contribution in [2.45, 2.75) is 38.1 Å². The highest BCUT2D eigenvalue weighted by molar-refractivity contribution is 5.82. The van der Waals surface area contributed by atoms with Crippen LogP contribution in [0.25, 0.3) is 0 Å². The summed E-state index contributed by atoms with van der Waals surface area (Å²) in [5, 5.41) is 20.2. The highest BCUT2D eigenvalue weighted by Crippen LogP contribution is 2.48. The molecule has 2 aliphatic carbocycles. The van der Waals surface area contributed by atoms with Gasteiger partial charge in [-0.15, -0.1) is 0 Å². The first-order valence-electron chi connectivity index (χ1n) is 7.36. The van der Waals surface area contributed by atoms with E-state index in [1.807, 2.05) is 0 Å². The largest absolute Gasteiger partial charge is 0.480 e. The van der Waals surface area contributed by atoms with Crippen LogP contribution >= 0.6 is 0 Å². The molecule has 2 saturated carbocycles. The maximum Gasteiger partial charge on any atom is 0.326 e. The predicted molar refractivity (Wildman–Crippen MR) is 73.2 cm³/mol. The molecular formula is C14H24N2O4. The lowest BCUT2D eigenvalue weighted by Gasteiger charge is -2.28. The van der Waals surface area contributed by atoms with Crippen LogP contribution in [-0.4, -0.2) is 53.4 Å². The summed E-state index contributed by atoms with van der Waals surface area (Å²) in [6, 6.07) is -1.39. The van der Waals surface area contributed by atoms with Gasteiger partial charge < -0.3 is 20.4 Å². The van der Waals surface area contributed by atoms with Crippen LogP contribution in [0.4, 0.5) is 4.79 Å². The van der Waals surface area contributed by atoms with Crippen molar-refractivity contribution in [3.05, 3.63) is 0 Å². The van der Waals surface area contributed by atoms with E-state index < -0.39 is 12.0 Å². The van der Waals surface area contributed by atoms with Crippen LogP contribution in [0.1, 0.15) is 32.1 Å². The van der Waals surface area contributed by atoms with Crippen molar-refractivity contribution >= 4 is 12.0 Å². The molecule has 0 saturated heterocycles. The number of urea groups is 1. The minimum absolute atomic E-state index is 0.0308. The smallest absolute Gasteiger partial charge is 0.326 e. The summed E-state index contributed by atoms with van der Waals surface area (Å²) in [5.74, 6) is 1.02. The van der Waals surface area contributed by atoms with Gasteiger partial charge >= 0.3 is 12.0 Å². The molecule has 4 atom stereocenters. The summed E-state index contributed by atoms with van der Waals surface area (Å²) in [7, 11) is 1.71. The summed E-state index contributed by atoms with van der Waals surface area (Å²) in [4.78, 5) is 24.5. The van der Waals surface area contributed by atoms with Crippen molar-refractivity contribution in [2.75, 3.05) is 20.2 Å². The number of aliphatic hydroxyl groups is 1. The SMILES string of the molecule is CN(CC1CC2CCC1C2)C(=O)NC(CCO)C(=O)O. The molecule has 3 N–H and O–H groups in total. The fourth-order valence-corrected chi connectivity index (χ4v) is 3.68. The molecule has 0 aromatic carbocycles. The normalized spacial score (nSPS) is 29.2. The van der Waals surface area contributed by atoms with Crippen LogP contribution in [-0.2, 0) is 4.79 Å².